The van der Waals surface area contributed by atoms with Gasteiger partial charge in [0.25, 0.3) is 0 Å². The van der Waals surface area contributed by atoms with Gasteiger partial charge in [-0.1, -0.05) is 0 Å². The van der Waals surface area contributed by atoms with E-state index in [0.717, 1.165) is 6.07 Å². The third-order valence-corrected chi connectivity index (χ3v) is 2.44. The molecule has 0 heterocycles. The number of amides is 1. The molecule has 1 rings (SSSR count). The van der Waals surface area contributed by atoms with Gasteiger partial charge in [-0.3, -0.25) is 4.79 Å². The molecule has 3 N–H and O–H groups in total. The normalized spacial score (nSPS) is 13.2. The van der Waals surface area contributed by atoms with Crippen molar-refractivity contribution >= 4 is 5.91 Å². The molecule has 0 aromatic heterocycles. The first kappa shape index (κ1) is 14.6. The van der Waals surface area contributed by atoms with Crippen molar-refractivity contribution in [3.63, 3.8) is 0 Å². The molecule has 0 aliphatic heterocycles. The van der Waals surface area contributed by atoms with Crippen molar-refractivity contribution in [3.05, 3.63) is 35.4 Å². The second-order valence-electron chi connectivity index (χ2n) is 5.12. The van der Waals surface area contributed by atoms with E-state index in [4.69, 9.17) is 5.73 Å². The molecule has 1 aromatic carbocycles. The third kappa shape index (κ3) is 4.41. The molecule has 1 atom stereocenters. The van der Waals surface area contributed by atoms with Crippen LogP contribution in [0.4, 0.5) is 8.78 Å². The SMILES string of the molecule is C[C@H](N)C(=O)NC(C)(C)Cc1cc(F)cc(F)c1. The Morgan fingerprint density at radius 1 is 1.33 bits per heavy atom. The van der Waals surface area contributed by atoms with Crippen LogP contribution in [0.15, 0.2) is 18.2 Å². The standard InChI is InChI=1S/C13H18F2N2O/c1-8(16)12(18)17-13(2,3)7-9-4-10(14)6-11(15)5-9/h4-6,8H,7,16H2,1-3H3,(H,17,18)/t8-/m0/s1. The van der Waals surface area contributed by atoms with Gasteiger partial charge in [0.05, 0.1) is 6.04 Å². The Bertz CT molecular complexity index is 424. The van der Waals surface area contributed by atoms with Crippen molar-refractivity contribution < 1.29 is 13.6 Å². The maximum Gasteiger partial charge on any atom is 0.237 e. The largest absolute Gasteiger partial charge is 0.350 e. The highest BCUT2D eigenvalue weighted by Crippen LogP contribution is 2.15. The second kappa shape index (κ2) is 5.44. The predicted molar refractivity (Wildman–Crippen MR) is 65.9 cm³/mol. The van der Waals surface area contributed by atoms with Crippen LogP contribution in [-0.4, -0.2) is 17.5 Å². The molecule has 0 aliphatic carbocycles. The fourth-order valence-corrected chi connectivity index (χ4v) is 1.71. The van der Waals surface area contributed by atoms with E-state index >= 15 is 0 Å². The van der Waals surface area contributed by atoms with Gasteiger partial charge in [0.2, 0.25) is 5.91 Å². The third-order valence-electron chi connectivity index (χ3n) is 2.44. The highest BCUT2D eigenvalue weighted by Gasteiger charge is 2.23. The Labute approximate surface area is 105 Å². The average Bonchev–Trinajstić information content (AvgIpc) is 2.13. The number of nitrogens with two attached hydrogens (primary N) is 1. The fraction of sp³-hybridized carbons (Fsp3) is 0.462. The molecule has 0 spiro atoms. The van der Waals surface area contributed by atoms with Gasteiger partial charge < -0.3 is 11.1 Å². The maximum absolute atomic E-state index is 13.0. The van der Waals surface area contributed by atoms with E-state index in [0.29, 0.717) is 12.0 Å². The summed E-state index contributed by atoms with van der Waals surface area (Å²) in [5, 5.41) is 2.73. The van der Waals surface area contributed by atoms with Crippen LogP contribution >= 0.6 is 0 Å². The van der Waals surface area contributed by atoms with Gasteiger partial charge in [-0.2, -0.15) is 0 Å². The Kier molecular flexibility index (Phi) is 4.40. The van der Waals surface area contributed by atoms with Crippen LogP contribution in [0.2, 0.25) is 0 Å². The van der Waals surface area contributed by atoms with E-state index < -0.39 is 23.2 Å². The lowest BCUT2D eigenvalue weighted by Gasteiger charge is -2.27. The number of carbonyl (C=O) groups excluding carboxylic acids is 1. The molecule has 0 unspecified atom stereocenters. The van der Waals surface area contributed by atoms with Gasteiger partial charge in [-0.15, -0.1) is 0 Å². The number of carbonyl (C=O) groups is 1. The summed E-state index contributed by atoms with van der Waals surface area (Å²) in [7, 11) is 0. The first-order chi connectivity index (χ1) is 8.19. The summed E-state index contributed by atoms with van der Waals surface area (Å²) >= 11 is 0. The maximum atomic E-state index is 13.0. The molecule has 5 heteroatoms. The number of rotatable bonds is 4. The molecule has 1 amide bonds. The number of benzene rings is 1. The molecule has 0 bridgehead atoms. The van der Waals surface area contributed by atoms with Crippen molar-refractivity contribution in [2.45, 2.75) is 38.8 Å². The monoisotopic (exact) mass is 256 g/mol. The van der Waals surface area contributed by atoms with Gasteiger partial charge in [-0.05, 0) is 44.9 Å². The second-order valence-corrected chi connectivity index (χ2v) is 5.12. The van der Waals surface area contributed by atoms with E-state index in [1.165, 1.54) is 12.1 Å². The molecule has 0 saturated heterocycles. The van der Waals surface area contributed by atoms with Crippen LogP contribution in [0.1, 0.15) is 26.3 Å². The van der Waals surface area contributed by atoms with Crippen molar-refractivity contribution in [1.29, 1.82) is 0 Å². The highest BCUT2D eigenvalue weighted by molar-refractivity contribution is 5.81. The van der Waals surface area contributed by atoms with Crippen molar-refractivity contribution in [2.24, 2.45) is 5.73 Å². The predicted octanol–water partition coefficient (Wildman–Crippen LogP) is 1.75. The number of hydrogen-bond acceptors (Lipinski definition) is 2. The van der Waals surface area contributed by atoms with Gasteiger partial charge >= 0.3 is 0 Å². The zero-order chi connectivity index (χ0) is 13.9. The van der Waals surface area contributed by atoms with Crippen molar-refractivity contribution in [1.82, 2.24) is 5.32 Å². The summed E-state index contributed by atoms with van der Waals surface area (Å²) in [6.45, 7) is 5.12. The van der Waals surface area contributed by atoms with Crippen LogP contribution < -0.4 is 11.1 Å². The lowest BCUT2D eigenvalue weighted by molar-refractivity contribution is -0.123. The molecule has 18 heavy (non-hydrogen) atoms. The van der Waals surface area contributed by atoms with Crippen LogP contribution in [-0.2, 0) is 11.2 Å². The summed E-state index contributed by atoms with van der Waals surface area (Å²) in [6.07, 6.45) is 0.320. The van der Waals surface area contributed by atoms with Gasteiger partial charge in [-0.25, -0.2) is 8.78 Å². The molecule has 1 aromatic rings. The Morgan fingerprint density at radius 2 is 1.83 bits per heavy atom. The van der Waals surface area contributed by atoms with Crippen molar-refractivity contribution in [3.8, 4) is 0 Å². The van der Waals surface area contributed by atoms with Crippen LogP contribution in [0.25, 0.3) is 0 Å². The minimum absolute atomic E-state index is 0.295. The van der Waals surface area contributed by atoms with Gasteiger partial charge in [0.1, 0.15) is 11.6 Å². The highest BCUT2D eigenvalue weighted by atomic mass is 19.1. The molecule has 0 aliphatic rings. The van der Waals surface area contributed by atoms with Crippen LogP contribution in [0.5, 0.6) is 0 Å². The molecule has 100 valence electrons. The number of halogens is 2. The average molecular weight is 256 g/mol. The van der Waals surface area contributed by atoms with E-state index in [1.54, 1.807) is 20.8 Å². The quantitative estimate of drug-likeness (QED) is 0.862. The summed E-state index contributed by atoms with van der Waals surface area (Å²) in [4.78, 5) is 11.5. The minimum Gasteiger partial charge on any atom is -0.350 e. The number of hydrogen-bond donors (Lipinski definition) is 2. The van der Waals surface area contributed by atoms with Crippen molar-refractivity contribution in [2.75, 3.05) is 0 Å². The zero-order valence-electron chi connectivity index (χ0n) is 10.8. The first-order valence-corrected chi connectivity index (χ1v) is 5.72. The lowest BCUT2D eigenvalue weighted by atomic mass is 9.94. The minimum atomic E-state index is -0.626. The number of nitrogens with one attached hydrogen (secondary N) is 1. The summed E-state index contributed by atoms with van der Waals surface area (Å²) < 4.78 is 26.1. The topological polar surface area (TPSA) is 55.1 Å². The Hall–Kier alpha value is -1.49. The molecule has 0 fully saturated rings. The van der Waals surface area contributed by atoms with Gasteiger partial charge in [0.15, 0.2) is 0 Å². The molecule has 0 radical (unpaired) electrons. The van der Waals surface area contributed by atoms with E-state index in [1.807, 2.05) is 0 Å². The lowest BCUT2D eigenvalue weighted by Crippen LogP contribution is -2.50. The first-order valence-electron chi connectivity index (χ1n) is 5.72. The molecule has 0 saturated carbocycles. The van der Waals surface area contributed by atoms with E-state index in [9.17, 15) is 13.6 Å². The van der Waals surface area contributed by atoms with Crippen LogP contribution in [0, 0.1) is 11.6 Å². The summed E-state index contributed by atoms with van der Waals surface area (Å²) in [5.74, 6) is -1.55. The Balaban J connectivity index is 2.78. The molecule has 3 nitrogen and oxygen atoms in total. The van der Waals surface area contributed by atoms with E-state index in [-0.39, 0.29) is 5.91 Å². The van der Waals surface area contributed by atoms with Crippen LogP contribution in [0.3, 0.4) is 0 Å². The smallest absolute Gasteiger partial charge is 0.237 e. The molecular weight excluding hydrogens is 238 g/mol. The van der Waals surface area contributed by atoms with E-state index in [2.05, 4.69) is 5.32 Å². The Morgan fingerprint density at radius 3 is 2.28 bits per heavy atom. The van der Waals surface area contributed by atoms with Gasteiger partial charge in [0, 0.05) is 11.6 Å². The molecular formula is C13H18F2N2O. The zero-order valence-corrected chi connectivity index (χ0v) is 10.8. The summed E-state index contributed by atoms with van der Waals surface area (Å²) in [6, 6.07) is 2.71. The summed E-state index contributed by atoms with van der Waals surface area (Å²) in [5.41, 5.74) is 5.32. The fourth-order valence-electron chi connectivity index (χ4n) is 1.71.